The molecule has 0 spiro atoms. The Bertz CT molecular complexity index is 992. The Labute approximate surface area is 133 Å². The lowest BCUT2D eigenvalue weighted by atomic mass is 10.2. The van der Waals surface area contributed by atoms with Crippen LogP contribution in [0.2, 0.25) is 0 Å². The Morgan fingerprint density at radius 3 is 2.87 bits per heavy atom. The van der Waals surface area contributed by atoms with E-state index >= 15 is 0 Å². The van der Waals surface area contributed by atoms with Crippen LogP contribution in [-0.2, 0) is 10.0 Å². The molecule has 3 heterocycles. The van der Waals surface area contributed by atoms with Crippen LogP contribution in [0.3, 0.4) is 0 Å². The normalized spacial score (nSPS) is 15.0. The molecule has 0 aromatic carbocycles. The summed E-state index contributed by atoms with van der Waals surface area (Å²) in [5, 5.41) is 0.0613. The maximum Gasteiger partial charge on any atom is 0.281 e. The van der Waals surface area contributed by atoms with Crippen molar-refractivity contribution in [3.8, 4) is 0 Å². The number of anilines is 1. The molecule has 1 fully saturated rings. The van der Waals surface area contributed by atoms with Crippen molar-refractivity contribution in [2.45, 2.75) is 30.7 Å². The van der Waals surface area contributed by atoms with E-state index in [4.69, 9.17) is 0 Å². The van der Waals surface area contributed by atoms with Crippen LogP contribution in [0.4, 0.5) is 5.95 Å². The van der Waals surface area contributed by atoms with Gasteiger partial charge in [-0.05, 0) is 38.0 Å². The minimum Gasteiger partial charge on any atom is -0.289 e. The lowest BCUT2D eigenvalue weighted by molar-refractivity contribution is 0.596. The second-order valence-corrected chi connectivity index (χ2v) is 7.29. The molecule has 0 amide bonds. The van der Waals surface area contributed by atoms with E-state index in [1.54, 1.807) is 24.4 Å². The summed E-state index contributed by atoms with van der Waals surface area (Å²) in [5.41, 5.74) is 2.21. The second-order valence-electron chi connectivity index (χ2n) is 5.66. The highest BCUT2D eigenvalue weighted by molar-refractivity contribution is 7.92. The van der Waals surface area contributed by atoms with Gasteiger partial charge in [0.05, 0.1) is 6.20 Å². The molecule has 8 heteroatoms. The van der Waals surface area contributed by atoms with Crippen LogP contribution in [-0.4, -0.2) is 27.8 Å². The first kappa shape index (κ1) is 14.1. The topological polar surface area (TPSA) is 89.2 Å². The van der Waals surface area contributed by atoms with Gasteiger partial charge in [-0.3, -0.25) is 4.40 Å². The molecule has 0 radical (unpaired) electrons. The average molecular weight is 329 g/mol. The molecule has 3 aromatic heterocycles. The second kappa shape index (κ2) is 5.02. The number of hydrogen-bond acceptors (Lipinski definition) is 5. The van der Waals surface area contributed by atoms with E-state index in [0.29, 0.717) is 11.6 Å². The molecule has 0 unspecified atom stereocenters. The molecule has 1 aliphatic rings. The first-order valence-corrected chi connectivity index (χ1v) is 8.82. The molecule has 1 saturated carbocycles. The third kappa shape index (κ3) is 2.65. The van der Waals surface area contributed by atoms with Crippen LogP contribution in [0.1, 0.15) is 30.1 Å². The zero-order valence-corrected chi connectivity index (χ0v) is 13.3. The Morgan fingerprint density at radius 2 is 2.09 bits per heavy atom. The first-order chi connectivity index (χ1) is 11.0. The van der Waals surface area contributed by atoms with Crippen molar-refractivity contribution in [1.82, 2.24) is 19.4 Å². The summed E-state index contributed by atoms with van der Waals surface area (Å²) >= 11 is 0. The van der Waals surface area contributed by atoms with Gasteiger partial charge in [0.15, 0.2) is 5.03 Å². The number of pyridine rings is 1. The van der Waals surface area contributed by atoms with Crippen molar-refractivity contribution in [1.29, 1.82) is 0 Å². The van der Waals surface area contributed by atoms with Crippen LogP contribution < -0.4 is 4.72 Å². The summed E-state index contributed by atoms with van der Waals surface area (Å²) in [6.45, 7) is 1.83. The van der Waals surface area contributed by atoms with Crippen LogP contribution in [0, 0.1) is 6.92 Å². The number of sulfonamides is 1. The summed E-state index contributed by atoms with van der Waals surface area (Å²) in [6.07, 6.45) is 5.17. The maximum atomic E-state index is 12.6. The predicted molar refractivity (Wildman–Crippen MR) is 84.7 cm³/mol. The Morgan fingerprint density at radius 1 is 1.26 bits per heavy atom. The first-order valence-electron chi connectivity index (χ1n) is 7.33. The number of nitrogens with zero attached hydrogens (tertiary/aromatic N) is 4. The lowest BCUT2D eigenvalue weighted by Crippen LogP contribution is -2.17. The third-order valence-electron chi connectivity index (χ3n) is 3.75. The fraction of sp³-hybridized carbons (Fsp3) is 0.267. The molecular weight excluding hydrogens is 314 g/mol. The van der Waals surface area contributed by atoms with E-state index in [-0.39, 0.29) is 11.0 Å². The Hall–Kier alpha value is -2.48. The lowest BCUT2D eigenvalue weighted by Gasteiger charge is -2.08. The van der Waals surface area contributed by atoms with E-state index in [1.165, 1.54) is 10.6 Å². The minimum atomic E-state index is -3.81. The largest absolute Gasteiger partial charge is 0.289 e. The number of fused-ring (bicyclic) bond motifs is 1. The third-order valence-corrected chi connectivity index (χ3v) is 5.06. The molecule has 4 rings (SSSR count). The van der Waals surface area contributed by atoms with Gasteiger partial charge in [0.25, 0.3) is 10.0 Å². The van der Waals surface area contributed by atoms with Crippen molar-refractivity contribution in [3.05, 3.63) is 48.0 Å². The van der Waals surface area contributed by atoms with Gasteiger partial charge in [-0.15, -0.1) is 0 Å². The van der Waals surface area contributed by atoms with Crippen LogP contribution in [0.25, 0.3) is 5.65 Å². The van der Waals surface area contributed by atoms with Crippen molar-refractivity contribution in [2.75, 3.05) is 4.72 Å². The van der Waals surface area contributed by atoms with Crippen LogP contribution >= 0.6 is 0 Å². The summed E-state index contributed by atoms with van der Waals surface area (Å²) < 4.78 is 29.2. The van der Waals surface area contributed by atoms with Gasteiger partial charge in [-0.2, -0.15) is 8.42 Å². The van der Waals surface area contributed by atoms with Crippen LogP contribution in [0.15, 0.2) is 41.7 Å². The molecular formula is C15H15N5O2S. The fourth-order valence-electron chi connectivity index (χ4n) is 2.51. The molecule has 0 saturated heterocycles. The molecule has 7 nitrogen and oxygen atoms in total. The number of imidazole rings is 1. The molecule has 0 aliphatic heterocycles. The number of aryl methyl sites for hydroxylation is 1. The zero-order valence-electron chi connectivity index (χ0n) is 12.5. The van der Waals surface area contributed by atoms with Crippen LogP contribution in [0.5, 0.6) is 0 Å². The molecule has 1 aliphatic carbocycles. The Kier molecular flexibility index (Phi) is 3.08. The number of nitrogens with one attached hydrogen (secondary N) is 1. The van der Waals surface area contributed by atoms with E-state index < -0.39 is 10.0 Å². The van der Waals surface area contributed by atoms with E-state index in [1.807, 2.05) is 13.0 Å². The highest BCUT2D eigenvalue weighted by Gasteiger charge is 2.27. The van der Waals surface area contributed by atoms with E-state index in [0.717, 1.165) is 24.2 Å². The average Bonchev–Trinajstić information content (AvgIpc) is 3.25. The molecule has 0 atom stereocenters. The van der Waals surface area contributed by atoms with Gasteiger partial charge in [-0.25, -0.2) is 19.7 Å². The quantitative estimate of drug-likeness (QED) is 0.792. The number of hydrogen-bond donors (Lipinski definition) is 1. The van der Waals surface area contributed by atoms with Gasteiger partial charge in [0, 0.05) is 23.5 Å². The monoisotopic (exact) mass is 329 g/mol. The van der Waals surface area contributed by atoms with Crippen molar-refractivity contribution in [3.63, 3.8) is 0 Å². The molecule has 118 valence electrons. The zero-order chi connectivity index (χ0) is 16.0. The molecule has 1 N–H and O–H groups in total. The van der Waals surface area contributed by atoms with E-state index in [2.05, 4.69) is 19.7 Å². The minimum absolute atomic E-state index is 0.0613. The molecule has 23 heavy (non-hydrogen) atoms. The van der Waals surface area contributed by atoms with Crippen molar-refractivity contribution >= 4 is 21.6 Å². The van der Waals surface area contributed by atoms with Gasteiger partial charge in [-0.1, -0.05) is 6.07 Å². The summed E-state index contributed by atoms with van der Waals surface area (Å²) in [6, 6.07) is 7.21. The smallest absolute Gasteiger partial charge is 0.281 e. The summed E-state index contributed by atoms with van der Waals surface area (Å²) in [4.78, 5) is 12.6. The summed E-state index contributed by atoms with van der Waals surface area (Å²) in [5.74, 6) is 0.536. The van der Waals surface area contributed by atoms with E-state index in [9.17, 15) is 8.42 Å². The van der Waals surface area contributed by atoms with Gasteiger partial charge in [0.1, 0.15) is 5.65 Å². The van der Waals surface area contributed by atoms with Crippen molar-refractivity contribution < 1.29 is 8.42 Å². The Balaban J connectivity index is 1.72. The maximum absolute atomic E-state index is 12.6. The van der Waals surface area contributed by atoms with Gasteiger partial charge in [0.2, 0.25) is 5.95 Å². The molecule has 0 bridgehead atoms. The molecule has 3 aromatic rings. The van der Waals surface area contributed by atoms with Crippen molar-refractivity contribution in [2.24, 2.45) is 0 Å². The SMILES string of the molecule is Cc1cc(C2CC2)nc(NS(=O)(=O)c2cnc3ccccn23)n1. The van der Waals surface area contributed by atoms with Gasteiger partial charge < -0.3 is 0 Å². The highest BCUT2D eigenvalue weighted by atomic mass is 32.2. The fourth-order valence-corrected chi connectivity index (χ4v) is 3.55. The van der Waals surface area contributed by atoms with Gasteiger partial charge >= 0.3 is 0 Å². The predicted octanol–water partition coefficient (Wildman–Crippen LogP) is 2.11. The standard InChI is InChI=1S/C15H15N5O2S/c1-10-8-12(11-5-6-11)18-15(17-10)19-23(21,22)14-9-16-13-4-2-3-7-20(13)14/h2-4,7-9,11H,5-6H2,1H3,(H,17,18,19). The number of aromatic nitrogens is 4. The highest BCUT2D eigenvalue weighted by Crippen LogP contribution is 2.39. The number of rotatable bonds is 4. The summed E-state index contributed by atoms with van der Waals surface area (Å²) in [7, 11) is -3.81.